The van der Waals surface area contributed by atoms with Crippen molar-refractivity contribution in [3.8, 4) is 5.75 Å². The van der Waals surface area contributed by atoms with E-state index in [0.29, 0.717) is 13.0 Å². The maximum Gasteiger partial charge on any atom is 0.165 e. The number of benzene rings is 1. The fourth-order valence-corrected chi connectivity index (χ4v) is 1.87. The highest BCUT2D eigenvalue weighted by atomic mass is 19.1. The standard InChI is InChI=1S/C14H18FN3O/c1-10(16)5-11-3-4-14(13(15)6-11)19-9-12-7-17-18(2)8-12/h3-4,6-8,10H,5,9,16H2,1-2H3. The first-order valence-corrected chi connectivity index (χ1v) is 6.19. The molecule has 4 nitrogen and oxygen atoms in total. The Morgan fingerprint density at radius 3 is 2.79 bits per heavy atom. The molecule has 0 aliphatic rings. The highest BCUT2D eigenvalue weighted by molar-refractivity contribution is 5.30. The first kappa shape index (κ1) is 13.5. The van der Waals surface area contributed by atoms with E-state index >= 15 is 0 Å². The summed E-state index contributed by atoms with van der Waals surface area (Å²) in [6.45, 7) is 2.20. The van der Waals surface area contributed by atoms with Crippen LogP contribution in [0.2, 0.25) is 0 Å². The van der Waals surface area contributed by atoms with E-state index in [1.165, 1.54) is 6.07 Å². The second-order valence-electron chi connectivity index (χ2n) is 4.76. The summed E-state index contributed by atoms with van der Waals surface area (Å²) in [6, 6.07) is 4.97. The van der Waals surface area contributed by atoms with Crippen molar-refractivity contribution in [2.24, 2.45) is 12.8 Å². The first-order valence-electron chi connectivity index (χ1n) is 6.19. The van der Waals surface area contributed by atoms with E-state index in [2.05, 4.69) is 5.10 Å². The van der Waals surface area contributed by atoms with Crippen LogP contribution in [0.1, 0.15) is 18.1 Å². The zero-order valence-electron chi connectivity index (χ0n) is 11.1. The number of hydrogen-bond donors (Lipinski definition) is 1. The van der Waals surface area contributed by atoms with E-state index in [1.807, 2.05) is 26.2 Å². The first-order chi connectivity index (χ1) is 9.04. The molecular weight excluding hydrogens is 245 g/mol. The number of nitrogens with zero attached hydrogens (tertiary/aromatic N) is 2. The van der Waals surface area contributed by atoms with Crippen molar-refractivity contribution < 1.29 is 9.13 Å². The van der Waals surface area contributed by atoms with Crippen molar-refractivity contribution in [2.75, 3.05) is 0 Å². The Hall–Kier alpha value is -1.88. The summed E-state index contributed by atoms with van der Waals surface area (Å²) >= 11 is 0. The Morgan fingerprint density at radius 1 is 1.42 bits per heavy atom. The Morgan fingerprint density at radius 2 is 2.21 bits per heavy atom. The molecule has 1 heterocycles. The average molecular weight is 263 g/mol. The number of halogens is 1. The zero-order valence-corrected chi connectivity index (χ0v) is 11.1. The third-order valence-electron chi connectivity index (χ3n) is 2.71. The Balaban J connectivity index is 2.00. The number of rotatable bonds is 5. The molecule has 0 spiro atoms. The summed E-state index contributed by atoms with van der Waals surface area (Å²) in [6.07, 6.45) is 4.19. The number of nitrogens with two attached hydrogens (primary N) is 1. The lowest BCUT2D eigenvalue weighted by Gasteiger charge is -2.09. The molecule has 0 fully saturated rings. The van der Waals surface area contributed by atoms with Gasteiger partial charge in [0.05, 0.1) is 6.20 Å². The third-order valence-corrected chi connectivity index (χ3v) is 2.71. The van der Waals surface area contributed by atoms with E-state index in [4.69, 9.17) is 10.5 Å². The minimum Gasteiger partial charge on any atom is -0.486 e. The largest absolute Gasteiger partial charge is 0.486 e. The molecule has 0 aliphatic carbocycles. The van der Waals surface area contributed by atoms with E-state index in [0.717, 1.165) is 11.1 Å². The van der Waals surface area contributed by atoms with Crippen molar-refractivity contribution in [2.45, 2.75) is 26.0 Å². The van der Waals surface area contributed by atoms with Crippen molar-refractivity contribution in [1.82, 2.24) is 9.78 Å². The van der Waals surface area contributed by atoms with Gasteiger partial charge in [-0.1, -0.05) is 6.07 Å². The SMILES string of the molecule is CC(N)Cc1ccc(OCc2cnn(C)c2)c(F)c1. The lowest BCUT2D eigenvalue weighted by molar-refractivity contribution is 0.290. The fraction of sp³-hybridized carbons (Fsp3) is 0.357. The van der Waals surface area contributed by atoms with Crippen LogP contribution in [-0.2, 0) is 20.1 Å². The lowest BCUT2D eigenvalue weighted by atomic mass is 10.1. The van der Waals surface area contributed by atoms with Crippen LogP contribution in [-0.4, -0.2) is 15.8 Å². The van der Waals surface area contributed by atoms with Crippen LogP contribution in [0.5, 0.6) is 5.75 Å². The van der Waals surface area contributed by atoms with Gasteiger partial charge in [0, 0.05) is 24.8 Å². The van der Waals surface area contributed by atoms with Crippen LogP contribution in [0.4, 0.5) is 4.39 Å². The van der Waals surface area contributed by atoms with Gasteiger partial charge in [-0.25, -0.2) is 4.39 Å². The summed E-state index contributed by atoms with van der Waals surface area (Å²) < 4.78 is 20.9. The van der Waals surface area contributed by atoms with Gasteiger partial charge in [0.25, 0.3) is 0 Å². The van der Waals surface area contributed by atoms with Gasteiger partial charge >= 0.3 is 0 Å². The molecule has 0 radical (unpaired) electrons. The molecule has 2 N–H and O–H groups in total. The second kappa shape index (κ2) is 5.84. The Bertz CT molecular complexity index is 551. The molecule has 0 amide bonds. The maximum absolute atomic E-state index is 13.8. The molecule has 1 aromatic carbocycles. The number of aryl methyl sites for hydroxylation is 1. The summed E-state index contributed by atoms with van der Waals surface area (Å²) in [7, 11) is 1.83. The number of hydrogen-bond acceptors (Lipinski definition) is 3. The Kier molecular flexibility index (Phi) is 4.16. The average Bonchev–Trinajstić information content (AvgIpc) is 2.73. The van der Waals surface area contributed by atoms with Gasteiger partial charge in [-0.2, -0.15) is 5.10 Å². The normalized spacial score (nSPS) is 12.4. The smallest absolute Gasteiger partial charge is 0.165 e. The second-order valence-corrected chi connectivity index (χ2v) is 4.76. The van der Waals surface area contributed by atoms with Gasteiger partial charge in [-0.15, -0.1) is 0 Å². The van der Waals surface area contributed by atoms with E-state index in [-0.39, 0.29) is 17.6 Å². The summed E-state index contributed by atoms with van der Waals surface area (Å²) in [4.78, 5) is 0. The topological polar surface area (TPSA) is 53.1 Å². The van der Waals surface area contributed by atoms with Crippen molar-refractivity contribution in [3.63, 3.8) is 0 Å². The van der Waals surface area contributed by atoms with Crippen molar-refractivity contribution >= 4 is 0 Å². The molecule has 1 unspecified atom stereocenters. The van der Waals surface area contributed by atoms with Crippen LogP contribution < -0.4 is 10.5 Å². The molecule has 0 saturated carbocycles. The minimum absolute atomic E-state index is 0.0153. The maximum atomic E-state index is 13.8. The van der Waals surface area contributed by atoms with Gasteiger partial charge in [-0.3, -0.25) is 4.68 Å². The van der Waals surface area contributed by atoms with Gasteiger partial charge in [0.15, 0.2) is 11.6 Å². The molecular formula is C14H18FN3O. The molecule has 5 heteroatoms. The van der Waals surface area contributed by atoms with Crippen LogP contribution in [0.25, 0.3) is 0 Å². The van der Waals surface area contributed by atoms with Crippen LogP contribution in [0.15, 0.2) is 30.6 Å². The van der Waals surface area contributed by atoms with Crippen LogP contribution >= 0.6 is 0 Å². The van der Waals surface area contributed by atoms with Crippen LogP contribution in [0, 0.1) is 5.82 Å². The molecule has 102 valence electrons. The third kappa shape index (κ3) is 3.79. The molecule has 2 aromatic rings. The van der Waals surface area contributed by atoms with Gasteiger partial charge in [0.2, 0.25) is 0 Å². The molecule has 2 rings (SSSR count). The van der Waals surface area contributed by atoms with Gasteiger partial charge in [0.1, 0.15) is 6.61 Å². The van der Waals surface area contributed by atoms with E-state index in [9.17, 15) is 4.39 Å². The molecule has 0 aliphatic heterocycles. The lowest BCUT2D eigenvalue weighted by Crippen LogP contribution is -2.17. The van der Waals surface area contributed by atoms with Gasteiger partial charge < -0.3 is 10.5 Å². The summed E-state index contributed by atoms with van der Waals surface area (Å²) in [5.41, 5.74) is 7.47. The molecule has 1 aromatic heterocycles. The highest BCUT2D eigenvalue weighted by Crippen LogP contribution is 2.20. The molecule has 0 bridgehead atoms. The van der Waals surface area contributed by atoms with Crippen molar-refractivity contribution in [3.05, 3.63) is 47.5 Å². The predicted molar refractivity (Wildman–Crippen MR) is 71.3 cm³/mol. The van der Waals surface area contributed by atoms with E-state index < -0.39 is 0 Å². The monoisotopic (exact) mass is 263 g/mol. The minimum atomic E-state index is -0.359. The Labute approximate surface area is 112 Å². The van der Waals surface area contributed by atoms with Crippen LogP contribution in [0.3, 0.4) is 0 Å². The summed E-state index contributed by atoms with van der Waals surface area (Å²) in [5.74, 6) is -0.112. The van der Waals surface area contributed by atoms with E-state index in [1.54, 1.807) is 16.9 Å². The fourth-order valence-electron chi connectivity index (χ4n) is 1.87. The predicted octanol–water partition coefficient (Wildman–Crippen LogP) is 2.03. The van der Waals surface area contributed by atoms with Gasteiger partial charge in [-0.05, 0) is 31.0 Å². The molecule has 0 saturated heterocycles. The highest BCUT2D eigenvalue weighted by Gasteiger charge is 2.07. The number of ether oxygens (including phenoxy) is 1. The zero-order chi connectivity index (χ0) is 13.8. The summed E-state index contributed by atoms with van der Waals surface area (Å²) in [5, 5.41) is 4.03. The number of aromatic nitrogens is 2. The van der Waals surface area contributed by atoms with Crippen molar-refractivity contribution in [1.29, 1.82) is 0 Å². The quantitative estimate of drug-likeness (QED) is 0.898. The molecule has 1 atom stereocenters. The molecule has 19 heavy (non-hydrogen) atoms.